The lowest BCUT2D eigenvalue weighted by atomic mass is 9.82. The van der Waals surface area contributed by atoms with E-state index in [0.29, 0.717) is 12.5 Å². The molecule has 0 amide bonds. The first kappa shape index (κ1) is 15.7. The van der Waals surface area contributed by atoms with Crippen LogP contribution in [0.3, 0.4) is 0 Å². The fourth-order valence-corrected chi connectivity index (χ4v) is 2.15. The van der Waals surface area contributed by atoms with Crippen LogP contribution in [0, 0.1) is 0 Å². The van der Waals surface area contributed by atoms with Crippen LogP contribution in [-0.4, -0.2) is 26.5 Å². The highest BCUT2D eigenvalue weighted by molar-refractivity contribution is 5.51. The third-order valence-corrected chi connectivity index (χ3v) is 3.43. The van der Waals surface area contributed by atoms with Crippen molar-refractivity contribution >= 4 is 6.29 Å². The van der Waals surface area contributed by atoms with Crippen molar-refractivity contribution in [2.24, 2.45) is 0 Å². The van der Waals surface area contributed by atoms with Gasteiger partial charge in [0.25, 0.3) is 0 Å². The zero-order valence-electron chi connectivity index (χ0n) is 12.6. The molecule has 0 aliphatic carbocycles. The van der Waals surface area contributed by atoms with Crippen LogP contribution in [-0.2, 0) is 10.2 Å². The van der Waals surface area contributed by atoms with Gasteiger partial charge in [-0.15, -0.1) is 0 Å². The minimum atomic E-state index is -0.0150. The third-order valence-electron chi connectivity index (χ3n) is 3.43. The topological polar surface area (TPSA) is 38.3 Å². The lowest BCUT2D eigenvalue weighted by molar-refractivity contribution is -0.107. The predicted octanol–water partition coefficient (Wildman–Crippen LogP) is 2.88. The van der Waals surface area contributed by atoms with Gasteiger partial charge in [0.15, 0.2) is 0 Å². The Balaban J connectivity index is 2.99. The molecular weight excluding hydrogens is 238 g/mol. The van der Waals surface area contributed by atoms with Crippen molar-refractivity contribution < 1.29 is 9.53 Å². The molecule has 0 radical (unpaired) electrons. The van der Waals surface area contributed by atoms with Gasteiger partial charge in [0.05, 0.1) is 13.7 Å². The normalized spacial score (nSPS) is 11.7. The molecule has 1 rings (SSSR count). The van der Waals surface area contributed by atoms with E-state index in [2.05, 4.69) is 45.1 Å². The number of hydrogen-bond donors (Lipinski definition) is 1. The van der Waals surface area contributed by atoms with E-state index >= 15 is 0 Å². The number of carbonyl (C=O) groups excluding carboxylic acids is 1. The maximum atomic E-state index is 10.4. The second-order valence-electron chi connectivity index (χ2n) is 5.79. The van der Waals surface area contributed by atoms with Crippen LogP contribution >= 0.6 is 0 Å². The number of carbonyl (C=O) groups is 1. The van der Waals surface area contributed by atoms with Gasteiger partial charge in [-0.2, -0.15) is 0 Å². The Kier molecular flexibility index (Phi) is 5.55. The summed E-state index contributed by atoms with van der Waals surface area (Å²) in [5, 5.41) is 3.15. The molecule has 0 spiro atoms. The van der Waals surface area contributed by atoms with Gasteiger partial charge < -0.3 is 14.8 Å². The average molecular weight is 263 g/mol. The van der Waals surface area contributed by atoms with Gasteiger partial charge in [0, 0.05) is 12.0 Å². The SMILES string of the molecule is COc1ccc(C(C)(C)CNCC=O)cc1C(C)C. The Labute approximate surface area is 116 Å². The highest BCUT2D eigenvalue weighted by Gasteiger charge is 2.22. The summed E-state index contributed by atoms with van der Waals surface area (Å²) < 4.78 is 5.41. The number of benzene rings is 1. The number of ether oxygens (including phenoxy) is 1. The van der Waals surface area contributed by atoms with Crippen LogP contribution in [0.25, 0.3) is 0 Å². The van der Waals surface area contributed by atoms with Crippen LogP contribution in [0.15, 0.2) is 18.2 Å². The molecule has 0 saturated carbocycles. The quantitative estimate of drug-likeness (QED) is 0.607. The highest BCUT2D eigenvalue weighted by atomic mass is 16.5. The molecule has 1 aromatic carbocycles. The minimum absolute atomic E-state index is 0.0150. The summed E-state index contributed by atoms with van der Waals surface area (Å²) in [5.74, 6) is 1.36. The van der Waals surface area contributed by atoms with E-state index in [1.807, 2.05) is 6.07 Å². The van der Waals surface area contributed by atoms with Gasteiger partial charge in [-0.05, 0) is 23.1 Å². The van der Waals surface area contributed by atoms with E-state index in [-0.39, 0.29) is 5.41 Å². The van der Waals surface area contributed by atoms with Gasteiger partial charge >= 0.3 is 0 Å². The summed E-state index contributed by atoms with van der Waals surface area (Å²) in [6.07, 6.45) is 0.893. The first-order valence-electron chi connectivity index (χ1n) is 6.75. The largest absolute Gasteiger partial charge is 0.496 e. The summed E-state index contributed by atoms with van der Waals surface area (Å²) in [7, 11) is 1.71. The molecule has 0 unspecified atom stereocenters. The molecule has 0 atom stereocenters. The zero-order valence-corrected chi connectivity index (χ0v) is 12.6. The van der Waals surface area contributed by atoms with Crippen LogP contribution in [0.4, 0.5) is 0 Å². The molecule has 0 aliphatic rings. The van der Waals surface area contributed by atoms with Crippen LogP contribution in [0.5, 0.6) is 5.75 Å². The van der Waals surface area contributed by atoms with Crippen molar-refractivity contribution in [3.8, 4) is 5.75 Å². The summed E-state index contributed by atoms with van der Waals surface area (Å²) in [5.41, 5.74) is 2.47. The maximum absolute atomic E-state index is 10.4. The second-order valence-corrected chi connectivity index (χ2v) is 5.79. The fourth-order valence-electron chi connectivity index (χ4n) is 2.15. The number of aldehydes is 1. The van der Waals surface area contributed by atoms with Crippen molar-refractivity contribution in [1.82, 2.24) is 5.32 Å². The zero-order chi connectivity index (χ0) is 14.5. The summed E-state index contributed by atoms with van der Waals surface area (Å²) in [6.45, 7) is 9.86. The van der Waals surface area contributed by atoms with Crippen molar-refractivity contribution in [1.29, 1.82) is 0 Å². The summed E-state index contributed by atoms with van der Waals surface area (Å²) >= 11 is 0. The lowest BCUT2D eigenvalue weighted by Crippen LogP contribution is -2.34. The van der Waals surface area contributed by atoms with Crippen molar-refractivity contribution in [2.75, 3.05) is 20.2 Å². The number of hydrogen-bond acceptors (Lipinski definition) is 3. The Morgan fingerprint density at radius 2 is 2.05 bits per heavy atom. The Bertz CT molecular complexity index is 425. The molecular formula is C16H25NO2. The molecule has 19 heavy (non-hydrogen) atoms. The van der Waals surface area contributed by atoms with E-state index in [0.717, 1.165) is 18.6 Å². The highest BCUT2D eigenvalue weighted by Crippen LogP contribution is 2.32. The molecule has 0 bridgehead atoms. The van der Waals surface area contributed by atoms with Gasteiger partial charge in [-0.1, -0.05) is 39.8 Å². The molecule has 0 aromatic heterocycles. The van der Waals surface area contributed by atoms with Crippen LogP contribution in [0.1, 0.15) is 44.7 Å². The van der Waals surface area contributed by atoms with Gasteiger partial charge in [0.1, 0.15) is 12.0 Å². The van der Waals surface area contributed by atoms with Gasteiger partial charge in [-0.3, -0.25) is 0 Å². The van der Waals surface area contributed by atoms with Gasteiger partial charge in [0.2, 0.25) is 0 Å². The smallest absolute Gasteiger partial charge is 0.133 e. The van der Waals surface area contributed by atoms with Crippen molar-refractivity contribution in [2.45, 2.75) is 39.0 Å². The predicted molar refractivity (Wildman–Crippen MR) is 79.0 cm³/mol. The lowest BCUT2D eigenvalue weighted by Gasteiger charge is -2.27. The second kappa shape index (κ2) is 6.71. The Morgan fingerprint density at radius 1 is 1.37 bits per heavy atom. The number of rotatable bonds is 7. The average Bonchev–Trinajstić information content (AvgIpc) is 2.38. The molecule has 3 nitrogen and oxygen atoms in total. The molecule has 0 heterocycles. The molecule has 1 N–H and O–H groups in total. The molecule has 106 valence electrons. The minimum Gasteiger partial charge on any atom is -0.496 e. The van der Waals surface area contributed by atoms with E-state index in [9.17, 15) is 4.79 Å². The van der Waals surface area contributed by atoms with Gasteiger partial charge in [-0.25, -0.2) is 0 Å². The van der Waals surface area contributed by atoms with E-state index in [1.54, 1.807) is 7.11 Å². The number of methoxy groups -OCH3 is 1. The fraction of sp³-hybridized carbons (Fsp3) is 0.562. The number of nitrogens with one attached hydrogen (secondary N) is 1. The van der Waals surface area contributed by atoms with Crippen molar-refractivity contribution in [3.63, 3.8) is 0 Å². The third kappa shape index (κ3) is 4.06. The Hall–Kier alpha value is -1.35. The summed E-state index contributed by atoms with van der Waals surface area (Å²) in [4.78, 5) is 10.4. The summed E-state index contributed by atoms with van der Waals surface area (Å²) in [6, 6.07) is 6.35. The first-order valence-corrected chi connectivity index (χ1v) is 6.75. The Morgan fingerprint density at radius 3 is 2.58 bits per heavy atom. The molecule has 1 aromatic rings. The van der Waals surface area contributed by atoms with E-state index < -0.39 is 0 Å². The first-order chi connectivity index (χ1) is 8.92. The molecule has 0 fully saturated rings. The maximum Gasteiger partial charge on any atom is 0.133 e. The van der Waals surface area contributed by atoms with Crippen molar-refractivity contribution in [3.05, 3.63) is 29.3 Å². The van der Waals surface area contributed by atoms with Crippen LogP contribution < -0.4 is 10.1 Å². The molecule has 3 heteroatoms. The molecule has 0 aliphatic heterocycles. The van der Waals surface area contributed by atoms with Crippen LogP contribution in [0.2, 0.25) is 0 Å². The van der Waals surface area contributed by atoms with E-state index in [4.69, 9.17) is 4.74 Å². The standard InChI is InChI=1S/C16H25NO2/c1-12(2)14-10-13(6-7-15(14)19-5)16(3,4)11-17-8-9-18/h6-7,9-10,12,17H,8,11H2,1-5H3. The monoisotopic (exact) mass is 263 g/mol. The van der Waals surface area contributed by atoms with E-state index in [1.165, 1.54) is 11.1 Å². The molecule has 0 saturated heterocycles.